The molecule has 4 rings (SSSR count). The van der Waals surface area contributed by atoms with Gasteiger partial charge in [-0.2, -0.15) is 0 Å². The standard InChI is InChI=1S/C28H30N4O8S/c1-19-9-14-23(16-26(19)32(35)36)41(37,38)31(20-10-12-21(39-2)13-11-20)18-27(33)30-25-8-4-3-7-24(25)28(34)29-17-22-6-5-15-40-22/h3-4,7-14,16,22H,5-6,15,17-18H2,1-2H3,(H,29,34)(H,30,33)/t22-/m0/s1. The second-order valence-corrected chi connectivity index (χ2v) is 11.2. The first kappa shape index (κ1) is 29.5. The summed E-state index contributed by atoms with van der Waals surface area (Å²) < 4.78 is 39.1. The van der Waals surface area contributed by atoms with E-state index >= 15 is 0 Å². The quantitative estimate of drug-likeness (QED) is 0.256. The van der Waals surface area contributed by atoms with Gasteiger partial charge in [-0.3, -0.25) is 24.0 Å². The molecule has 1 saturated heterocycles. The first-order valence-corrected chi connectivity index (χ1v) is 14.2. The molecule has 3 aromatic rings. The summed E-state index contributed by atoms with van der Waals surface area (Å²) in [6.45, 7) is 1.80. The number of methoxy groups -OCH3 is 1. The van der Waals surface area contributed by atoms with Crippen molar-refractivity contribution < 1.29 is 32.4 Å². The van der Waals surface area contributed by atoms with Crippen LogP contribution in [-0.4, -0.2) is 58.1 Å². The Bertz CT molecular complexity index is 1540. The Morgan fingerprint density at radius 3 is 2.51 bits per heavy atom. The number of aryl methyl sites for hydroxylation is 1. The Morgan fingerprint density at radius 1 is 1.12 bits per heavy atom. The van der Waals surface area contributed by atoms with Crippen molar-refractivity contribution in [3.05, 3.63) is 88.0 Å². The van der Waals surface area contributed by atoms with Gasteiger partial charge in [0.05, 0.1) is 40.0 Å². The van der Waals surface area contributed by atoms with Crippen LogP contribution in [0.25, 0.3) is 0 Å². The van der Waals surface area contributed by atoms with E-state index in [2.05, 4.69) is 10.6 Å². The van der Waals surface area contributed by atoms with Crippen molar-refractivity contribution in [3.8, 4) is 5.75 Å². The first-order chi connectivity index (χ1) is 19.6. The number of hydrogen-bond acceptors (Lipinski definition) is 8. The fourth-order valence-corrected chi connectivity index (χ4v) is 5.80. The van der Waals surface area contributed by atoms with Crippen molar-refractivity contribution in [2.45, 2.75) is 30.8 Å². The maximum absolute atomic E-state index is 13.8. The molecule has 12 nitrogen and oxygen atoms in total. The molecular weight excluding hydrogens is 552 g/mol. The normalized spacial score (nSPS) is 14.7. The van der Waals surface area contributed by atoms with Crippen molar-refractivity contribution in [2.75, 3.05) is 36.4 Å². The van der Waals surface area contributed by atoms with Gasteiger partial charge in [0.2, 0.25) is 5.91 Å². The van der Waals surface area contributed by atoms with E-state index in [4.69, 9.17) is 9.47 Å². The topological polar surface area (TPSA) is 157 Å². The van der Waals surface area contributed by atoms with Crippen LogP contribution in [0.1, 0.15) is 28.8 Å². The van der Waals surface area contributed by atoms with Gasteiger partial charge in [-0.05, 0) is 62.2 Å². The molecule has 13 heteroatoms. The van der Waals surface area contributed by atoms with Crippen LogP contribution in [0.2, 0.25) is 0 Å². The summed E-state index contributed by atoms with van der Waals surface area (Å²) in [5, 5.41) is 16.9. The van der Waals surface area contributed by atoms with Gasteiger partial charge in [0.15, 0.2) is 0 Å². The number of hydrogen-bond donors (Lipinski definition) is 2. The predicted octanol–water partition coefficient (Wildman–Crippen LogP) is 3.65. The molecular formula is C28H30N4O8S. The lowest BCUT2D eigenvalue weighted by Crippen LogP contribution is -2.38. The van der Waals surface area contributed by atoms with Gasteiger partial charge in [0.25, 0.3) is 21.6 Å². The van der Waals surface area contributed by atoms with Crippen molar-refractivity contribution >= 4 is 38.9 Å². The molecule has 1 aliphatic rings. The Hall–Kier alpha value is -4.49. The van der Waals surface area contributed by atoms with Crippen LogP contribution in [0, 0.1) is 17.0 Å². The van der Waals surface area contributed by atoms with E-state index in [0.29, 0.717) is 18.9 Å². The molecule has 216 valence electrons. The zero-order valence-corrected chi connectivity index (χ0v) is 23.3. The van der Waals surface area contributed by atoms with E-state index in [1.165, 1.54) is 56.5 Å². The summed E-state index contributed by atoms with van der Waals surface area (Å²) in [6.07, 6.45) is 1.71. The molecule has 3 aromatic carbocycles. The number of carbonyl (C=O) groups is 2. The van der Waals surface area contributed by atoms with Crippen molar-refractivity contribution in [1.82, 2.24) is 5.32 Å². The maximum atomic E-state index is 13.8. The van der Waals surface area contributed by atoms with Crippen molar-refractivity contribution in [1.29, 1.82) is 0 Å². The van der Waals surface area contributed by atoms with E-state index in [9.17, 15) is 28.1 Å². The number of nitrogens with zero attached hydrogens (tertiary/aromatic N) is 2. The van der Waals surface area contributed by atoms with Crippen LogP contribution in [0.3, 0.4) is 0 Å². The summed E-state index contributed by atoms with van der Waals surface area (Å²) in [5.74, 6) is -0.683. The third kappa shape index (κ3) is 6.99. The van der Waals surface area contributed by atoms with Crippen LogP contribution in [0.5, 0.6) is 5.75 Å². The van der Waals surface area contributed by atoms with Gasteiger partial charge in [-0.15, -0.1) is 0 Å². The Balaban J connectivity index is 1.61. The summed E-state index contributed by atoms with van der Waals surface area (Å²) in [5.41, 5.74) is 0.448. The molecule has 1 heterocycles. The zero-order chi connectivity index (χ0) is 29.6. The predicted molar refractivity (Wildman–Crippen MR) is 152 cm³/mol. The SMILES string of the molecule is COc1ccc(N(CC(=O)Nc2ccccc2C(=O)NC[C@@H]2CCCO2)S(=O)(=O)c2ccc(C)c([N+](=O)[O-])c2)cc1. The minimum atomic E-state index is -4.44. The highest BCUT2D eigenvalue weighted by Gasteiger charge is 2.30. The molecule has 0 aliphatic carbocycles. The molecule has 0 spiro atoms. The number of benzene rings is 3. The molecule has 41 heavy (non-hydrogen) atoms. The third-order valence-corrected chi connectivity index (χ3v) is 8.34. The zero-order valence-electron chi connectivity index (χ0n) is 22.5. The highest BCUT2D eigenvalue weighted by atomic mass is 32.2. The van der Waals surface area contributed by atoms with E-state index in [1.807, 2.05) is 0 Å². The minimum absolute atomic E-state index is 0.0680. The Kier molecular flexibility index (Phi) is 9.20. The third-order valence-electron chi connectivity index (χ3n) is 6.57. The first-order valence-electron chi connectivity index (χ1n) is 12.8. The Labute approximate surface area is 237 Å². The van der Waals surface area contributed by atoms with Crippen molar-refractivity contribution in [3.63, 3.8) is 0 Å². The summed E-state index contributed by atoms with van der Waals surface area (Å²) in [7, 11) is -2.99. The number of nitrogens with one attached hydrogen (secondary N) is 2. The molecule has 2 amide bonds. The van der Waals surface area contributed by atoms with Gasteiger partial charge in [0, 0.05) is 24.8 Å². The van der Waals surface area contributed by atoms with Gasteiger partial charge in [-0.25, -0.2) is 8.42 Å². The van der Waals surface area contributed by atoms with E-state index in [1.54, 1.807) is 18.2 Å². The second-order valence-electron chi connectivity index (χ2n) is 9.35. The van der Waals surface area contributed by atoms with Gasteiger partial charge in [0.1, 0.15) is 12.3 Å². The second kappa shape index (κ2) is 12.8. The van der Waals surface area contributed by atoms with Gasteiger partial charge in [-0.1, -0.05) is 18.2 Å². The van der Waals surface area contributed by atoms with Crippen LogP contribution >= 0.6 is 0 Å². The molecule has 0 unspecified atom stereocenters. The molecule has 0 saturated carbocycles. The molecule has 1 fully saturated rings. The van der Waals surface area contributed by atoms with E-state index in [-0.39, 0.29) is 39.2 Å². The Morgan fingerprint density at radius 2 is 1.85 bits per heavy atom. The average Bonchev–Trinajstić information content (AvgIpc) is 3.49. The van der Waals surface area contributed by atoms with Crippen LogP contribution in [0.15, 0.2) is 71.6 Å². The average molecular weight is 583 g/mol. The van der Waals surface area contributed by atoms with E-state index < -0.39 is 33.3 Å². The molecule has 0 aromatic heterocycles. The molecule has 0 bridgehead atoms. The lowest BCUT2D eigenvalue weighted by Gasteiger charge is -2.24. The minimum Gasteiger partial charge on any atom is -0.497 e. The van der Waals surface area contributed by atoms with Crippen LogP contribution < -0.4 is 19.7 Å². The highest BCUT2D eigenvalue weighted by Crippen LogP contribution is 2.29. The number of carbonyl (C=O) groups excluding carboxylic acids is 2. The fourth-order valence-electron chi connectivity index (χ4n) is 4.35. The summed E-state index contributed by atoms with van der Waals surface area (Å²) in [6, 6.07) is 15.9. The van der Waals surface area contributed by atoms with Gasteiger partial charge < -0.3 is 20.1 Å². The number of ether oxygens (including phenoxy) is 2. The molecule has 1 aliphatic heterocycles. The molecule has 0 radical (unpaired) electrons. The number of nitro benzene ring substituents is 1. The largest absolute Gasteiger partial charge is 0.497 e. The lowest BCUT2D eigenvalue weighted by atomic mass is 10.1. The summed E-state index contributed by atoms with van der Waals surface area (Å²) >= 11 is 0. The number of nitro groups is 1. The maximum Gasteiger partial charge on any atom is 0.273 e. The van der Waals surface area contributed by atoms with Crippen molar-refractivity contribution in [2.24, 2.45) is 0 Å². The van der Waals surface area contributed by atoms with Gasteiger partial charge >= 0.3 is 0 Å². The number of para-hydroxylation sites is 1. The number of amides is 2. The molecule has 1 atom stereocenters. The monoisotopic (exact) mass is 582 g/mol. The number of rotatable bonds is 11. The number of anilines is 2. The number of sulfonamides is 1. The highest BCUT2D eigenvalue weighted by molar-refractivity contribution is 7.92. The van der Waals surface area contributed by atoms with Crippen LogP contribution in [0.4, 0.5) is 17.1 Å². The smallest absolute Gasteiger partial charge is 0.273 e. The fraction of sp³-hybridized carbons (Fsp3) is 0.286. The van der Waals surface area contributed by atoms with Crippen LogP contribution in [-0.2, 0) is 19.6 Å². The summed E-state index contributed by atoms with van der Waals surface area (Å²) in [4.78, 5) is 36.6. The lowest BCUT2D eigenvalue weighted by molar-refractivity contribution is -0.385. The molecule has 2 N–H and O–H groups in total. The van der Waals surface area contributed by atoms with E-state index in [0.717, 1.165) is 23.2 Å².